The molecule has 2 N–H and O–H groups in total. The average molecular weight is 396 g/mol. The molecule has 0 bridgehead atoms. The van der Waals surface area contributed by atoms with Gasteiger partial charge < -0.3 is 5.73 Å². The van der Waals surface area contributed by atoms with E-state index in [9.17, 15) is 9.59 Å². The number of nitrogens with two attached hydrogens (primary N) is 1. The van der Waals surface area contributed by atoms with E-state index in [2.05, 4.69) is 4.98 Å². The van der Waals surface area contributed by atoms with Crippen LogP contribution in [0.2, 0.25) is 10.0 Å². The highest BCUT2D eigenvalue weighted by Gasteiger charge is 2.22. The second-order valence-corrected chi connectivity index (χ2v) is 7.27. The van der Waals surface area contributed by atoms with Gasteiger partial charge in [-0.25, -0.2) is 4.98 Å². The lowest BCUT2D eigenvalue weighted by atomic mass is 10.1. The number of fused-ring (bicyclic) bond motifs is 1. The molecule has 0 aliphatic carbocycles. The fourth-order valence-corrected chi connectivity index (χ4v) is 3.95. The monoisotopic (exact) mass is 395 g/mol. The van der Waals surface area contributed by atoms with Crippen LogP contribution in [0.5, 0.6) is 0 Å². The SMILES string of the molecule is CCc1nc2scc(-c3ccc(Cl)c(Cl)c3)c2c(=O)n1C(C)C(N)=O. The minimum Gasteiger partial charge on any atom is -0.368 e. The first-order valence-electron chi connectivity index (χ1n) is 7.62. The number of hydrogen-bond acceptors (Lipinski definition) is 4. The molecule has 0 spiro atoms. The zero-order valence-corrected chi connectivity index (χ0v) is 15.9. The Morgan fingerprint density at radius 3 is 2.68 bits per heavy atom. The van der Waals surface area contributed by atoms with Gasteiger partial charge in [0, 0.05) is 17.4 Å². The summed E-state index contributed by atoms with van der Waals surface area (Å²) in [5.41, 5.74) is 6.61. The molecule has 3 rings (SSSR count). The maximum absolute atomic E-state index is 13.1. The van der Waals surface area contributed by atoms with Crippen LogP contribution in [0.3, 0.4) is 0 Å². The number of thiophene rings is 1. The van der Waals surface area contributed by atoms with Gasteiger partial charge >= 0.3 is 0 Å². The second-order valence-electron chi connectivity index (χ2n) is 5.59. The van der Waals surface area contributed by atoms with Crippen molar-refractivity contribution < 1.29 is 4.79 Å². The van der Waals surface area contributed by atoms with Gasteiger partial charge in [-0.1, -0.05) is 36.2 Å². The molecule has 8 heteroatoms. The van der Waals surface area contributed by atoms with Gasteiger partial charge in [-0.3, -0.25) is 14.2 Å². The molecule has 0 fully saturated rings. The highest BCUT2D eigenvalue weighted by Crippen LogP contribution is 2.34. The smallest absolute Gasteiger partial charge is 0.263 e. The summed E-state index contributed by atoms with van der Waals surface area (Å²) in [5.74, 6) is -0.0457. The number of carbonyl (C=O) groups excluding carboxylic acids is 1. The number of rotatable bonds is 4. The van der Waals surface area contributed by atoms with Gasteiger partial charge in [-0.2, -0.15) is 0 Å². The van der Waals surface area contributed by atoms with E-state index in [1.54, 1.807) is 25.1 Å². The summed E-state index contributed by atoms with van der Waals surface area (Å²) in [4.78, 5) is 29.9. The Labute approximate surface area is 158 Å². The molecule has 2 aromatic heterocycles. The molecule has 0 radical (unpaired) electrons. The second kappa shape index (κ2) is 6.78. The zero-order valence-electron chi connectivity index (χ0n) is 13.5. The summed E-state index contributed by atoms with van der Waals surface area (Å²) in [6.07, 6.45) is 0.517. The van der Waals surface area contributed by atoms with Gasteiger partial charge in [0.15, 0.2) is 0 Å². The molecular weight excluding hydrogens is 381 g/mol. The third-order valence-electron chi connectivity index (χ3n) is 4.06. The largest absolute Gasteiger partial charge is 0.368 e. The van der Waals surface area contributed by atoms with Crippen LogP contribution in [-0.4, -0.2) is 15.5 Å². The molecule has 1 unspecified atom stereocenters. The van der Waals surface area contributed by atoms with Crippen molar-refractivity contribution in [2.45, 2.75) is 26.3 Å². The van der Waals surface area contributed by atoms with Crippen molar-refractivity contribution in [1.82, 2.24) is 9.55 Å². The molecule has 1 aromatic carbocycles. The summed E-state index contributed by atoms with van der Waals surface area (Å²) in [6, 6.07) is 4.41. The molecule has 0 aliphatic rings. The van der Waals surface area contributed by atoms with Crippen molar-refractivity contribution in [3.63, 3.8) is 0 Å². The maximum Gasteiger partial charge on any atom is 0.263 e. The zero-order chi connectivity index (χ0) is 18.3. The van der Waals surface area contributed by atoms with E-state index in [1.807, 2.05) is 12.3 Å². The highest BCUT2D eigenvalue weighted by molar-refractivity contribution is 7.17. The van der Waals surface area contributed by atoms with Gasteiger partial charge in [0.1, 0.15) is 16.7 Å². The van der Waals surface area contributed by atoms with Crippen LogP contribution in [0, 0.1) is 0 Å². The summed E-state index contributed by atoms with van der Waals surface area (Å²) < 4.78 is 1.37. The molecule has 5 nitrogen and oxygen atoms in total. The molecule has 0 saturated carbocycles. The lowest BCUT2D eigenvalue weighted by Crippen LogP contribution is -2.34. The predicted octanol–water partition coefficient (Wildman–Crippen LogP) is 4.04. The van der Waals surface area contributed by atoms with E-state index in [1.165, 1.54) is 15.9 Å². The first-order valence-corrected chi connectivity index (χ1v) is 9.26. The van der Waals surface area contributed by atoms with Gasteiger partial charge in [0.25, 0.3) is 5.56 Å². The molecule has 0 aliphatic heterocycles. The van der Waals surface area contributed by atoms with Crippen LogP contribution in [0.1, 0.15) is 25.7 Å². The topological polar surface area (TPSA) is 78.0 Å². The van der Waals surface area contributed by atoms with Gasteiger partial charge in [-0.05, 0) is 24.6 Å². The van der Waals surface area contributed by atoms with E-state index in [-0.39, 0.29) is 5.56 Å². The van der Waals surface area contributed by atoms with E-state index >= 15 is 0 Å². The Morgan fingerprint density at radius 1 is 1.36 bits per heavy atom. The van der Waals surface area contributed by atoms with Crippen molar-refractivity contribution in [2.24, 2.45) is 5.73 Å². The van der Waals surface area contributed by atoms with Crippen molar-refractivity contribution in [1.29, 1.82) is 0 Å². The van der Waals surface area contributed by atoms with Crippen molar-refractivity contribution in [3.05, 3.63) is 49.8 Å². The lowest BCUT2D eigenvalue weighted by Gasteiger charge is -2.16. The average Bonchev–Trinajstić information content (AvgIpc) is 3.00. The van der Waals surface area contributed by atoms with Crippen LogP contribution in [0.25, 0.3) is 21.3 Å². The predicted molar refractivity (Wildman–Crippen MR) is 103 cm³/mol. The summed E-state index contributed by atoms with van der Waals surface area (Å²) in [7, 11) is 0. The Morgan fingerprint density at radius 2 is 2.08 bits per heavy atom. The van der Waals surface area contributed by atoms with Gasteiger partial charge in [0.2, 0.25) is 5.91 Å². The standard InChI is InChI=1S/C17H15Cl2N3O2S/c1-3-13-21-16-14(17(24)22(13)8(2)15(20)23)10(7-25-16)9-4-5-11(18)12(19)6-9/h4-8H,3H2,1-2H3,(H2,20,23). The molecule has 0 saturated heterocycles. The van der Waals surface area contributed by atoms with Crippen molar-refractivity contribution >= 4 is 50.7 Å². The molecule has 3 aromatic rings. The number of benzene rings is 1. The summed E-state index contributed by atoms with van der Waals surface area (Å²) in [5, 5.41) is 3.16. The number of aryl methyl sites for hydroxylation is 1. The Hall–Kier alpha value is -1.89. The lowest BCUT2D eigenvalue weighted by molar-refractivity contribution is -0.120. The van der Waals surface area contributed by atoms with E-state index in [4.69, 9.17) is 28.9 Å². The quantitative estimate of drug-likeness (QED) is 0.723. The van der Waals surface area contributed by atoms with E-state index < -0.39 is 11.9 Å². The van der Waals surface area contributed by atoms with Gasteiger partial charge in [0.05, 0.1) is 15.4 Å². The minimum absolute atomic E-state index is 0.282. The number of carbonyl (C=O) groups is 1. The molecular formula is C17H15Cl2N3O2S. The highest BCUT2D eigenvalue weighted by atomic mass is 35.5. The molecule has 1 amide bonds. The minimum atomic E-state index is -0.777. The van der Waals surface area contributed by atoms with Crippen molar-refractivity contribution in [3.8, 4) is 11.1 Å². The van der Waals surface area contributed by atoms with Crippen molar-refractivity contribution in [2.75, 3.05) is 0 Å². The van der Waals surface area contributed by atoms with Crippen LogP contribution in [0.15, 0.2) is 28.4 Å². The van der Waals surface area contributed by atoms with Crippen LogP contribution >= 0.6 is 34.5 Å². The molecule has 25 heavy (non-hydrogen) atoms. The van der Waals surface area contributed by atoms with E-state index in [0.29, 0.717) is 38.1 Å². The normalized spacial score (nSPS) is 12.5. The fraction of sp³-hybridized carbons (Fsp3) is 0.235. The number of nitrogens with zero attached hydrogens (tertiary/aromatic N) is 2. The van der Waals surface area contributed by atoms with Crippen LogP contribution < -0.4 is 11.3 Å². The number of primary amides is 1. The third kappa shape index (κ3) is 3.05. The number of hydrogen-bond donors (Lipinski definition) is 1. The maximum atomic E-state index is 13.1. The summed E-state index contributed by atoms with van der Waals surface area (Å²) in [6.45, 7) is 3.48. The van der Waals surface area contributed by atoms with Crippen LogP contribution in [0.4, 0.5) is 0 Å². The Kier molecular flexibility index (Phi) is 4.86. The number of amides is 1. The fourth-order valence-electron chi connectivity index (χ4n) is 2.70. The molecule has 2 heterocycles. The Bertz CT molecular complexity index is 1040. The Balaban J connectivity index is 2.33. The number of aromatic nitrogens is 2. The first-order chi connectivity index (χ1) is 11.8. The van der Waals surface area contributed by atoms with E-state index in [0.717, 1.165) is 5.56 Å². The molecule has 1 atom stereocenters. The first kappa shape index (κ1) is 17.9. The third-order valence-corrected chi connectivity index (χ3v) is 5.67. The number of halogens is 2. The molecule has 130 valence electrons. The summed E-state index contributed by atoms with van der Waals surface area (Å²) >= 11 is 13.5. The van der Waals surface area contributed by atoms with Crippen LogP contribution in [-0.2, 0) is 11.2 Å². The van der Waals surface area contributed by atoms with Gasteiger partial charge in [-0.15, -0.1) is 11.3 Å².